The van der Waals surface area contributed by atoms with E-state index in [-0.39, 0.29) is 35.6 Å². The number of amides is 1. The van der Waals surface area contributed by atoms with E-state index < -0.39 is 6.43 Å². The van der Waals surface area contributed by atoms with Gasteiger partial charge in [0.15, 0.2) is 5.69 Å². The minimum Gasteiger partial charge on any atom is -0.381 e. The summed E-state index contributed by atoms with van der Waals surface area (Å²) in [7, 11) is 3.62. The molecule has 3 aromatic rings. The number of benzene rings is 2. The first-order valence-electron chi connectivity index (χ1n) is 13.3. The van der Waals surface area contributed by atoms with Crippen LogP contribution in [0, 0.1) is 0 Å². The van der Waals surface area contributed by atoms with Gasteiger partial charge >= 0.3 is 0 Å². The van der Waals surface area contributed by atoms with Crippen LogP contribution in [0.2, 0.25) is 0 Å². The van der Waals surface area contributed by atoms with Crippen LogP contribution in [0.15, 0.2) is 43.0 Å². The summed E-state index contributed by atoms with van der Waals surface area (Å²) in [6, 6.07) is 9.26. The van der Waals surface area contributed by atoms with Crippen molar-refractivity contribution < 1.29 is 22.9 Å². The van der Waals surface area contributed by atoms with Crippen LogP contribution < -0.4 is 14.8 Å². The van der Waals surface area contributed by atoms with E-state index in [0.29, 0.717) is 23.4 Å². The molecule has 2 aliphatic carbocycles. The van der Waals surface area contributed by atoms with E-state index in [1.165, 1.54) is 6.42 Å². The molecule has 7 nitrogen and oxygen atoms in total. The van der Waals surface area contributed by atoms with Crippen LogP contribution in [-0.2, 0) is 24.9 Å². The Labute approximate surface area is 221 Å². The number of rotatable bonds is 8. The Morgan fingerprint density at radius 2 is 2.05 bits per heavy atom. The van der Waals surface area contributed by atoms with Crippen molar-refractivity contribution in [3.63, 3.8) is 0 Å². The Bertz CT molecular complexity index is 1380. The van der Waals surface area contributed by atoms with Gasteiger partial charge in [0.2, 0.25) is 6.33 Å². The van der Waals surface area contributed by atoms with Crippen LogP contribution in [0.5, 0.6) is 0 Å². The van der Waals surface area contributed by atoms with Gasteiger partial charge in [0, 0.05) is 41.0 Å². The Morgan fingerprint density at radius 1 is 1.26 bits per heavy atom. The molecule has 1 N–H and O–H groups in total. The number of fused-ring (bicyclic) bond motifs is 1. The zero-order chi connectivity index (χ0) is 26.6. The van der Waals surface area contributed by atoms with Gasteiger partial charge in [-0.15, -0.1) is 0 Å². The van der Waals surface area contributed by atoms with Gasteiger partial charge in [-0.05, 0) is 74.3 Å². The summed E-state index contributed by atoms with van der Waals surface area (Å²) < 4.78 is 37.7. The summed E-state index contributed by atoms with van der Waals surface area (Å²) in [4.78, 5) is 15.5. The Balaban J connectivity index is 1.38. The number of methoxy groups -OCH3 is 1. The molecule has 2 heterocycles. The molecule has 0 spiro atoms. The molecule has 6 rings (SSSR count). The van der Waals surface area contributed by atoms with E-state index in [2.05, 4.69) is 23.4 Å². The molecule has 3 aliphatic rings. The number of aromatic nitrogens is 3. The molecule has 38 heavy (non-hydrogen) atoms. The highest BCUT2D eigenvalue weighted by Gasteiger charge is 2.39. The van der Waals surface area contributed by atoms with E-state index in [1.54, 1.807) is 35.2 Å². The van der Waals surface area contributed by atoms with Crippen LogP contribution in [0.4, 0.5) is 14.5 Å². The predicted molar refractivity (Wildman–Crippen MR) is 139 cm³/mol. The van der Waals surface area contributed by atoms with Crippen molar-refractivity contribution in [3.8, 4) is 5.69 Å². The van der Waals surface area contributed by atoms with Gasteiger partial charge in [-0.3, -0.25) is 4.79 Å². The van der Waals surface area contributed by atoms with Gasteiger partial charge in [0.25, 0.3) is 18.7 Å². The maximum Gasteiger partial charge on any atom is 0.265 e. The number of carbonyl (C=O) groups excluding carboxylic acids is 1. The van der Waals surface area contributed by atoms with Crippen molar-refractivity contribution in [1.29, 1.82) is 0 Å². The second-order valence-electron chi connectivity index (χ2n) is 11.3. The lowest BCUT2D eigenvalue weighted by Gasteiger charge is -2.39. The van der Waals surface area contributed by atoms with E-state index >= 15 is 0 Å². The zero-order valence-corrected chi connectivity index (χ0v) is 22.1. The maximum atomic E-state index is 14.3. The lowest BCUT2D eigenvalue weighted by molar-refractivity contribution is -0.672. The summed E-state index contributed by atoms with van der Waals surface area (Å²) in [6.07, 6.45) is 6.21. The van der Waals surface area contributed by atoms with E-state index in [4.69, 9.17) is 4.74 Å². The van der Waals surface area contributed by atoms with Gasteiger partial charge in [-0.2, -0.15) is 0 Å². The largest absolute Gasteiger partial charge is 0.381 e. The summed E-state index contributed by atoms with van der Waals surface area (Å²) in [5.74, 6) is 0.0172. The van der Waals surface area contributed by atoms with Crippen molar-refractivity contribution in [2.45, 2.75) is 76.1 Å². The third-order valence-corrected chi connectivity index (χ3v) is 8.63. The highest BCUT2D eigenvalue weighted by molar-refractivity contribution is 6.11. The van der Waals surface area contributed by atoms with Gasteiger partial charge in [-0.25, -0.2) is 13.3 Å². The van der Waals surface area contributed by atoms with Crippen molar-refractivity contribution in [3.05, 3.63) is 70.8 Å². The monoisotopic (exact) mass is 522 g/mol. The highest BCUT2D eigenvalue weighted by Crippen LogP contribution is 2.45. The third-order valence-electron chi connectivity index (χ3n) is 8.63. The molecule has 0 atom stereocenters. The van der Waals surface area contributed by atoms with E-state index in [0.717, 1.165) is 42.5 Å². The van der Waals surface area contributed by atoms with Crippen molar-refractivity contribution >= 4 is 11.6 Å². The number of anilines is 1. The summed E-state index contributed by atoms with van der Waals surface area (Å²) in [6.45, 7) is 2.73. The van der Waals surface area contributed by atoms with Gasteiger partial charge in [0.1, 0.15) is 0 Å². The van der Waals surface area contributed by atoms with Gasteiger partial charge < -0.3 is 15.0 Å². The number of hydrogen-bond donors (Lipinski definition) is 1. The average Bonchev–Trinajstić information content (AvgIpc) is 3.43. The number of alkyl halides is 2. The molecule has 1 aromatic heterocycles. The Morgan fingerprint density at radius 3 is 2.68 bits per heavy atom. The number of nitrogens with one attached hydrogen (secondary N) is 1. The summed E-state index contributed by atoms with van der Waals surface area (Å²) in [5, 5.41) is 8.04. The van der Waals surface area contributed by atoms with Gasteiger partial charge in [-0.1, -0.05) is 16.8 Å². The standard InChI is InChI=1S/C29H34F2N5O2/c1-29(8-5-9-29)32-14-18-10-22(27(30)31)24-15-35(28(37)23(24)11-18)25-7-4-6-21(19-12-20(13-19)38-3)26(25)36-17-34(2)16-33-36/h4,6-7,10-11,16-17,19-20,27,32H,5,8-9,12-15H2,1-3H3/q+1. The number of hydrogen-bond acceptors (Lipinski definition) is 4. The molecule has 9 heteroatoms. The lowest BCUT2D eigenvalue weighted by Crippen LogP contribution is -2.47. The fraction of sp³-hybridized carbons (Fsp3) is 0.483. The fourth-order valence-electron chi connectivity index (χ4n) is 6.03. The maximum absolute atomic E-state index is 14.3. The molecule has 0 radical (unpaired) electrons. The lowest BCUT2D eigenvalue weighted by atomic mass is 9.76. The molecule has 0 saturated heterocycles. The first-order chi connectivity index (χ1) is 18.3. The third kappa shape index (κ3) is 4.31. The zero-order valence-electron chi connectivity index (χ0n) is 22.1. The quantitative estimate of drug-likeness (QED) is 0.435. The molecule has 200 valence electrons. The second kappa shape index (κ2) is 9.54. The molecule has 0 unspecified atom stereocenters. The second-order valence-corrected chi connectivity index (χ2v) is 11.3. The predicted octanol–water partition coefficient (Wildman–Crippen LogP) is 4.72. The van der Waals surface area contributed by atoms with Gasteiger partial charge in [0.05, 0.1) is 25.4 Å². The number of ether oxygens (including phenoxy) is 1. The first-order valence-corrected chi connectivity index (χ1v) is 13.3. The first kappa shape index (κ1) is 25.1. The number of aryl methyl sites for hydroxylation is 1. The number of nitrogens with zero attached hydrogens (tertiary/aromatic N) is 4. The molecule has 2 fully saturated rings. The molecule has 0 bridgehead atoms. The molecular weight excluding hydrogens is 488 g/mol. The smallest absolute Gasteiger partial charge is 0.265 e. The summed E-state index contributed by atoms with van der Waals surface area (Å²) in [5.41, 5.74) is 4.05. The number of carbonyl (C=O) groups is 1. The van der Waals surface area contributed by atoms with Crippen molar-refractivity contribution in [2.75, 3.05) is 12.0 Å². The molecular formula is C29H34F2N5O2+. The SMILES string of the molecule is COC1CC(c2cccc(N3Cc4c(cc(CNC5(C)CCC5)cc4C(F)F)C3=O)c2-n2c[n+](C)cn2)C1. The normalized spacial score (nSPS) is 21.9. The molecule has 1 amide bonds. The Kier molecular flexibility index (Phi) is 6.31. The van der Waals surface area contributed by atoms with Crippen LogP contribution in [-0.4, -0.2) is 34.4 Å². The summed E-state index contributed by atoms with van der Waals surface area (Å²) >= 11 is 0. The number of para-hydroxylation sites is 1. The van der Waals surface area contributed by atoms with E-state index in [9.17, 15) is 13.6 Å². The number of halogens is 2. The van der Waals surface area contributed by atoms with Crippen molar-refractivity contribution in [2.24, 2.45) is 7.05 Å². The molecule has 2 aromatic carbocycles. The van der Waals surface area contributed by atoms with Crippen LogP contribution in [0.3, 0.4) is 0 Å². The van der Waals surface area contributed by atoms with Crippen LogP contribution in [0.25, 0.3) is 5.69 Å². The van der Waals surface area contributed by atoms with E-state index in [1.807, 2.05) is 30.1 Å². The minimum atomic E-state index is -2.66. The topological polar surface area (TPSA) is 63.3 Å². The highest BCUT2D eigenvalue weighted by atomic mass is 19.3. The molecule has 1 aliphatic heterocycles. The fourth-order valence-corrected chi connectivity index (χ4v) is 6.03. The van der Waals surface area contributed by atoms with Crippen LogP contribution >= 0.6 is 0 Å². The Hall–Kier alpha value is -3.17. The minimum absolute atomic E-state index is 0.0403. The molecule has 2 saturated carbocycles. The van der Waals surface area contributed by atoms with Crippen LogP contribution in [0.1, 0.15) is 84.0 Å². The van der Waals surface area contributed by atoms with Crippen molar-refractivity contribution in [1.82, 2.24) is 15.1 Å². The average molecular weight is 523 g/mol.